The Kier molecular flexibility index (Phi) is 5.16. The summed E-state index contributed by atoms with van der Waals surface area (Å²) < 4.78 is 0. The topological polar surface area (TPSA) is 62.7 Å². The number of hydrogen-bond donors (Lipinski definition) is 2. The SMILES string of the molecule is Cc1ccc(CNc2cnnc(Nc3ccccc3C(C)(C)C)n2)cc1. The van der Waals surface area contributed by atoms with Gasteiger partial charge in [0.1, 0.15) is 0 Å². The predicted octanol–water partition coefficient (Wildman–Crippen LogP) is 4.83. The minimum Gasteiger partial charge on any atom is -0.365 e. The Morgan fingerprint density at radius 1 is 0.962 bits per heavy atom. The lowest BCUT2D eigenvalue weighted by Gasteiger charge is -2.22. The zero-order valence-corrected chi connectivity index (χ0v) is 15.7. The molecule has 0 bridgehead atoms. The number of nitrogens with one attached hydrogen (secondary N) is 2. The zero-order chi connectivity index (χ0) is 18.6. The van der Waals surface area contributed by atoms with E-state index in [1.54, 1.807) is 6.20 Å². The Morgan fingerprint density at radius 3 is 2.42 bits per heavy atom. The van der Waals surface area contributed by atoms with Gasteiger partial charge in [0.05, 0.1) is 6.20 Å². The van der Waals surface area contributed by atoms with E-state index < -0.39 is 0 Å². The summed E-state index contributed by atoms with van der Waals surface area (Å²) in [6, 6.07) is 16.6. The molecule has 0 saturated heterocycles. The van der Waals surface area contributed by atoms with Crippen LogP contribution in [-0.2, 0) is 12.0 Å². The van der Waals surface area contributed by atoms with Gasteiger partial charge in [0.15, 0.2) is 5.82 Å². The molecule has 1 aromatic heterocycles. The highest BCUT2D eigenvalue weighted by atomic mass is 15.3. The molecule has 1 heterocycles. The minimum absolute atomic E-state index is 0.0261. The fourth-order valence-corrected chi connectivity index (χ4v) is 2.71. The van der Waals surface area contributed by atoms with E-state index in [0.717, 1.165) is 5.69 Å². The lowest BCUT2D eigenvalue weighted by atomic mass is 9.86. The van der Waals surface area contributed by atoms with E-state index in [1.807, 2.05) is 18.2 Å². The number of aryl methyl sites for hydroxylation is 1. The third kappa shape index (κ3) is 4.57. The summed E-state index contributed by atoms with van der Waals surface area (Å²) in [5, 5.41) is 14.8. The lowest BCUT2D eigenvalue weighted by molar-refractivity contribution is 0.592. The lowest BCUT2D eigenvalue weighted by Crippen LogP contribution is -2.14. The van der Waals surface area contributed by atoms with E-state index in [9.17, 15) is 0 Å². The van der Waals surface area contributed by atoms with Gasteiger partial charge in [-0.1, -0.05) is 68.8 Å². The number of para-hydroxylation sites is 1. The molecule has 134 valence electrons. The monoisotopic (exact) mass is 347 g/mol. The summed E-state index contributed by atoms with van der Waals surface area (Å²) in [6.07, 6.45) is 1.63. The van der Waals surface area contributed by atoms with Crippen LogP contribution in [0.5, 0.6) is 0 Å². The maximum absolute atomic E-state index is 4.53. The van der Waals surface area contributed by atoms with Gasteiger partial charge in [0, 0.05) is 12.2 Å². The molecule has 0 atom stereocenters. The van der Waals surface area contributed by atoms with Gasteiger partial charge in [-0.05, 0) is 29.5 Å². The van der Waals surface area contributed by atoms with Crippen LogP contribution >= 0.6 is 0 Å². The van der Waals surface area contributed by atoms with E-state index in [-0.39, 0.29) is 5.41 Å². The number of anilines is 3. The van der Waals surface area contributed by atoms with Crippen molar-refractivity contribution in [2.24, 2.45) is 0 Å². The van der Waals surface area contributed by atoms with Crippen molar-refractivity contribution in [3.63, 3.8) is 0 Å². The van der Waals surface area contributed by atoms with Crippen LogP contribution in [0, 0.1) is 6.92 Å². The molecule has 3 aromatic rings. The highest BCUT2D eigenvalue weighted by Gasteiger charge is 2.18. The van der Waals surface area contributed by atoms with Gasteiger partial charge in [-0.25, -0.2) is 0 Å². The molecule has 0 aliphatic heterocycles. The summed E-state index contributed by atoms with van der Waals surface area (Å²) >= 11 is 0. The summed E-state index contributed by atoms with van der Waals surface area (Å²) in [5.41, 5.74) is 4.68. The van der Waals surface area contributed by atoms with Crippen LogP contribution < -0.4 is 10.6 Å². The number of hydrogen-bond acceptors (Lipinski definition) is 5. The van der Waals surface area contributed by atoms with E-state index >= 15 is 0 Å². The first-order valence-electron chi connectivity index (χ1n) is 8.77. The summed E-state index contributed by atoms with van der Waals surface area (Å²) in [4.78, 5) is 4.53. The fraction of sp³-hybridized carbons (Fsp3) is 0.286. The number of rotatable bonds is 5. The molecule has 0 amide bonds. The molecule has 0 fully saturated rings. The smallest absolute Gasteiger partial charge is 0.249 e. The molecule has 0 spiro atoms. The third-order valence-electron chi connectivity index (χ3n) is 4.13. The van der Waals surface area contributed by atoms with Crippen LogP contribution in [0.3, 0.4) is 0 Å². The van der Waals surface area contributed by atoms with Gasteiger partial charge in [-0.2, -0.15) is 10.1 Å². The first-order chi connectivity index (χ1) is 12.4. The number of nitrogens with zero attached hydrogens (tertiary/aromatic N) is 3. The first-order valence-corrected chi connectivity index (χ1v) is 8.77. The van der Waals surface area contributed by atoms with E-state index in [0.29, 0.717) is 18.3 Å². The van der Waals surface area contributed by atoms with Crippen molar-refractivity contribution in [1.82, 2.24) is 15.2 Å². The Balaban J connectivity index is 1.73. The predicted molar refractivity (Wildman–Crippen MR) is 107 cm³/mol. The van der Waals surface area contributed by atoms with E-state index in [2.05, 4.69) is 83.8 Å². The number of aromatic nitrogens is 3. The van der Waals surface area contributed by atoms with Crippen LogP contribution in [0.4, 0.5) is 17.5 Å². The van der Waals surface area contributed by atoms with Gasteiger partial charge in [-0.3, -0.25) is 0 Å². The Bertz CT molecular complexity index is 866. The molecule has 0 aliphatic carbocycles. The van der Waals surface area contributed by atoms with Crippen molar-refractivity contribution >= 4 is 17.5 Å². The summed E-state index contributed by atoms with van der Waals surface area (Å²) in [6.45, 7) is 9.33. The summed E-state index contributed by atoms with van der Waals surface area (Å²) in [5.74, 6) is 1.17. The van der Waals surface area contributed by atoms with Crippen molar-refractivity contribution in [3.05, 3.63) is 71.4 Å². The average molecular weight is 347 g/mol. The van der Waals surface area contributed by atoms with Crippen LogP contribution in [-0.4, -0.2) is 15.2 Å². The summed E-state index contributed by atoms with van der Waals surface area (Å²) in [7, 11) is 0. The van der Waals surface area contributed by atoms with Gasteiger partial charge in [0.2, 0.25) is 5.95 Å². The van der Waals surface area contributed by atoms with Crippen LogP contribution in [0.2, 0.25) is 0 Å². The Morgan fingerprint density at radius 2 is 1.69 bits per heavy atom. The van der Waals surface area contributed by atoms with E-state index in [4.69, 9.17) is 0 Å². The van der Waals surface area contributed by atoms with Crippen molar-refractivity contribution < 1.29 is 0 Å². The van der Waals surface area contributed by atoms with E-state index in [1.165, 1.54) is 16.7 Å². The molecule has 0 saturated carbocycles. The average Bonchev–Trinajstić information content (AvgIpc) is 2.61. The molecule has 0 aliphatic rings. The van der Waals surface area contributed by atoms with Crippen molar-refractivity contribution in [3.8, 4) is 0 Å². The second-order valence-electron chi connectivity index (χ2n) is 7.42. The number of benzene rings is 2. The van der Waals surface area contributed by atoms with Crippen molar-refractivity contribution in [1.29, 1.82) is 0 Å². The molecular weight excluding hydrogens is 322 g/mol. The normalized spacial score (nSPS) is 11.2. The maximum Gasteiger partial charge on any atom is 0.249 e. The van der Waals surface area contributed by atoms with Crippen LogP contribution in [0.15, 0.2) is 54.7 Å². The standard InChI is InChI=1S/C21H25N5/c1-15-9-11-16(12-10-15)13-22-19-14-23-26-20(25-19)24-18-8-6-5-7-17(18)21(2,3)4/h5-12,14H,13H2,1-4H3,(H2,22,24,25,26). The molecule has 0 radical (unpaired) electrons. The minimum atomic E-state index is 0.0261. The highest BCUT2D eigenvalue weighted by Crippen LogP contribution is 2.30. The maximum atomic E-state index is 4.53. The van der Waals surface area contributed by atoms with Gasteiger partial charge in [0.25, 0.3) is 0 Å². The van der Waals surface area contributed by atoms with Crippen LogP contribution in [0.25, 0.3) is 0 Å². The van der Waals surface area contributed by atoms with Crippen LogP contribution in [0.1, 0.15) is 37.5 Å². The largest absolute Gasteiger partial charge is 0.365 e. The Hall–Kier alpha value is -2.95. The quantitative estimate of drug-likeness (QED) is 0.692. The van der Waals surface area contributed by atoms with Crippen molar-refractivity contribution in [2.45, 2.75) is 39.7 Å². The fourth-order valence-electron chi connectivity index (χ4n) is 2.71. The molecule has 26 heavy (non-hydrogen) atoms. The van der Waals surface area contributed by atoms with Crippen molar-refractivity contribution in [2.75, 3.05) is 10.6 Å². The molecule has 5 heteroatoms. The highest BCUT2D eigenvalue weighted by molar-refractivity contribution is 5.60. The molecular formula is C21H25N5. The van der Waals surface area contributed by atoms with Gasteiger partial charge in [-0.15, -0.1) is 5.10 Å². The first kappa shape index (κ1) is 17.9. The molecule has 0 unspecified atom stereocenters. The molecule has 3 rings (SSSR count). The van der Waals surface area contributed by atoms with Gasteiger partial charge < -0.3 is 10.6 Å². The van der Waals surface area contributed by atoms with Gasteiger partial charge >= 0.3 is 0 Å². The zero-order valence-electron chi connectivity index (χ0n) is 15.7. The molecule has 2 aromatic carbocycles. The third-order valence-corrected chi connectivity index (χ3v) is 4.13. The molecule has 2 N–H and O–H groups in total. The molecule has 5 nitrogen and oxygen atoms in total. The second-order valence-corrected chi connectivity index (χ2v) is 7.42. The second kappa shape index (κ2) is 7.52. The Labute approximate surface area is 154 Å².